The third kappa shape index (κ3) is 9.88. The number of esters is 2. The van der Waals surface area contributed by atoms with Crippen LogP contribution in [0.3, 0.4) is 0 Å². The molecule has 3 aliphatic rings. The molecule has 0 saturated carbocycles. The second-order valence-electron chi connectivity index (χ2n) is 16.1. The number of Topliss-reactive ketones (excluding diaryl/α,β-unsaturated/α-hetero) is 2. The Labute approximate surface area is 331 Å². The molecule has 3 fully saturated rings. The minimum absolute atomic E-state index is 0.0454. The summed E-state index contributed by atoms with van der Waals surface area (Å²) in [5.41, 5.74) is -2.48. The molecule has 0 aliphatic carbocycles. The van der Waals surface area contributed by atoms with E-state index in [2.05, 4.69) is 23.7 Å². The number of benzene rings is 1. The molecule has 0 aromatic heterocycles. The molecule has 0 unspecified atom stereocenters. The first-order valence-corrected chi connectivity index (χ1v) is 19.6. The van der Waals surface area contributed by atoms with E-state index in [4.69, 9.17) is 28.4 Å². The number of rotatable bonds is 9. The Balaban J connectivity index is 1.85. The number of alkyl carbamates (subject to hydrolysis) is 1. The van der Waals surface area contributed by atoms with Crippen molar-refractivity contribution >= 4 is 29.6 Å². The molecule has 13 nitrogen and oxygen atoms in total. The Kier molecular flexibility index (Phi) is 15.1. The highest BCUT2D eigenvalue weighted by Gasteiger charge is 2.57. The van der Waals surface area contributed by atoms with Crippen molar-refractivity contribution in [1.82, 2.24) is 10.2 Å². The van der Waals surface area contributed by atoms with Gasteiger partial charge in [0.2, 0.25) is 0 Å². The van der Waals surface area contributed by atoms with Crippen LogP contribution >= 0.6 is 0 Å². The number of ether oxygens (including phenoxy) is 6. The number of hydrogen-bond acceptors (Lipinski definition) is 12. The lowest BCUT2D eigenvalue weighted by atomic mass is 9.73. The van der Waals surface area contributed by atoms with Gasteiger partial charge < -0.3 is 38.6 Å². The number of allylic oxidation sites excluding steroid dienone is 1. The van der Waals surface area contributed by atoms with Gasteiger partial charge in [0.25, 0.3) is 0 Å². The van der Waals surface area contributed by atoms with Gasteiger partial charge in [0.05, 0.1) is 35.5 Å². The van der Waals surface area contributed by atoms with E-state index in [-0.39, 0.29) is 37.4 Å². The third-order valence-corrected chi connectivity index (χ3v) is 11.5. The van der Waals surface area contributed by atoms with E-state index in [0.717, 1.165) is 0 Å². The number of likely N-dealkylation sites (N-methyl/N-ethyl adjacent to an activating group) is 1. The maximum Gasteiger partial charge on any atom is 0.408 e. The lowest BCUT2D eigenvalue weighted by molar-refractivity contribution is -0.295. The second kappa shape index (κ2) is 18.9. The maximum atomic E-state index is 14.5. The molecule has 0 spiro atoms. The number of ketones is 2. The van der Waals surface area contributed by atoms with Crippen molar-refractivity contribution in [2.75, 3.05) is 20.7 Å². The molecule has 308 valence electrons. The summed E-state index contributed by atoms with van der Waals surface area (Å²) in [5, 5.41) is 2.79. The molecule has 4 rings (SSSR count). The number of fused-ring (bicyclic) bond motifs is 1. The van der Waals surface area contributed by atoms with Crippen molar-refractivity contribution in [3.63, 3.8) is 0 Å². The number of amides is 1. The summed E-state index contributed by atoms with van der Waals surface area (Å²) in [6, 6.07) is 7.39. The van der Waals surface area contributed by atoms with E-state index in [1.807, 2.05) is 25.9 Å². The van der Waals surface area contributed by atoms with Gasteiger partial charge in [-0.15, -0.1) is 6.58 Å². The largest absolute Gasteiger partial charge is 0.458 e. The van der Waals surface area contributed by atoms with Gasteiger partial charge in [-0.1, -0.05) is 63.8 Å². The van der Waals surface area contributed by atoms with Crippen LogP contribution in [0, 0.1) is 35.5 Å². The summed E-state index contributed by atoms with van der Waals surface area (Å²) < 4.78 is 37.9. The molecule has 1 N–H and O–H groups in total. The molecule has 0 radical (unpaired) electrons. The minimum atomic E-state index is -1.42. The molecular formula is C43H60N2O11. The standard InChI is InChI=1S/C43H60N2O11/c1-12-14-15-19-22-51-42(8)24-25(3)33(46)27(5)36-43(9,56-41(50)44-36)32(13-2)53-38(48)29(7)34(47)28(6)37(42)55-40-35(31(45(10)11)23-26(4)52-40)54-39(49)30-20-17-16-18-21-30/h12,16-18,20-21,25-29,31-32,35-37,40H,1,13-14,22-24H2,2-11H3,(H,44,50)/t25-,26-,27+,28+,29-,31+,32-,35-,36-,37-,40+,42-,43-/m1/s1. The van der Waals surface area contributed by atoms with Crippen LogP contribution in [0.25, 0.3) is 0 Å². The van der Waals surface area contributed by atoms with Gasteiger partial charge in [0, 0.05) is 24.2 Å². The summed E-state index contributed by atoms with van der Waals surface area (Å²) in [6.07, 6.45) is -2.49. The first-order valence-electron chi connectivity index (χ1n) is 19.6. The number of nitrogens with one attached hydrogen (secondary N) is 1. The summed E-state index contributed by atoms with van der Waals surface area (Å²) in [5.74, 6) is 0.0164. The van der Waals surface area contributed by atoms with Crippen molar-refractivity contribution in [3.8, 4) is 11.8 Å². The summed E-state index contributed by atoms with van der Waals surface area (Å²) >= 11 is 0. The monoisotopic (exact) mass is 780 g/mol. The predicted molar refractivity (Wildman–Crippen MR) is 207 cm³/mol. The molecule has 56 heavy (non-hydrogen) atoms. The van der Waals surface area contributed by atoms with Gasteiger partial charge in [-0.2, -0.15) is 0 Å². The normalized spacial score (nSPS) is 36.9. The molecular weight excluding hydrogens is 720 g/mol. The SMILES string of the molecule is C=CCC#CCO[C@]1(C)C[C@@H](C)C(=O)[C@H](C)[C@H]2NC(=O)O[C@]2(C)[C@@H](CC)OC(=O)[C@H](C)C(=O)[C@H](C)[C@H]1O[C@@H]1O[C@H](C)C[C@H](N(C)C)[C@H]1OC(=O)c1ccccc1. The fourth-order valence-corrected chi connectivity index (χ4v) is 8.40. The van der Waals surface area contributed by atoms with Gasteiger partial charge in [-0.25, -0.2) is 9.59 Å². The average molecular weight is 781 g/mol. The van der Waals surface area contributed by atoms with Gasteiger partial charge in [-0.3, -0.25) is 14.4 Å². The predicted octanol–water partition coefficient (Wildman–Crippen LogP) is 5.29. The fraction of sp³-hybridized carbons (Fsp3) is 0.651. The number of cyclic esters (lactones) is 1. The van der Waals surface area contributed by atoms with Crippen LogP contribution in [0.2, 0.25) is 0 Å². The summed E-state index contributed by atoms with van der Waals surface area (Å²) in [7, 11) is 3.75. The lowest BCUT2D eigenvalue weighted by Gasteiger charge is -2.48. The lowest BCUT2D eigenvalue weighted by Crippen LogP contribution is -2.61. The summed E-state index contributed by atoms with van der Waals surface area (Å²) in [6.45, 7) is 17.3. The first-order chi connectivity index (χ1) is 26.4. The van der Waals surface area contributed by atoms with Gasteiger partial charge in [-0.05, 0) is 73.2 Å². The van der Waals surface area contributed by atoms with Gasteiger partial charge in [0.1, 0.15) is 24.4 Å². The topological polar surface area (TPSA) is 156 Å². The van der Waals surface area contributed by atoms with Gasteiger partial charge in [0.15, 0.2) is 23.8 Å². The molecule has 13 heteroatoms. The Morgan fingerprint density at radius 1 is 1.02 bits per heavy atom. The Bertz CT molecular complexity index is 1660. The molecule has 0 bridgehead atoms. The van der Waals surface area contributed by atoms with Crippen LogP contribution in [-0.2, 0) is 42.8 Å². The van der Waals surface area contributed by atoms with E-state index in [1.54, 1.807) is 78.0 Å². The number of hydrogen-bond donors (Lipinski definition) is 1. The van der Waals surface area contributed by atoms with E-state index >= 15 is 0 Å². The zero-order chi connectivity index (χ0) is 41.5. The van der Waals surface area contributed by atoms with Crippen LogP contribution in [0.5, 0.6) is 0 Å². The first kappa shape index (κ1) is 44.6. The molecule has 1 amide bonds. The highest BCUT2D eigenvalue weighted by atomic mass is 16.7. The highest BCUT2D eigenvalue weighted by Crippen LogP contribution is 2.40. The number of carbonyl (C=O) groups is 5. The summed E-state index contributed by atoms with van der Waals surface area (Å²) in [4.78, 5) is 71.1. The number of nitrogens with zero attached hydrogens (tertiary/aromatic N) is 1. The van der Waals surface area contributed by atoms with Crippen LogP contribution in [0.15, 0.2) is 43.0 Å². The van der Waals surface area contributed by atoms with Crippen molar-refractivity contribution in [2.24, 2.45) is 23.7 Å². The maximum absolute atomic E-state index is 14.5. The van der Waals surface area contributed by atoms with Gasteiger partial charge >= 0.3 is 18.0 Å². The zero-order valence-electron chi connectivity index (χ0n) is 34.5. The molecule has 3 heterocycles. The molecule has 13 atom stereocenters. The molecule has 1 aromatic carbocycles. The van der Waals surface area contributed by atoms with E-state index < -0.39 is 89.3 Å². The smallest absolute Gasteiger partial charge is 0.408 e. The van der Waals surface area contributed by atoms with E-state index in [1.165, 1.54) is 6.92 Å². The zero-order valence-corrected chi connectivity index (χ0v) is 34.5. The quantitative estimate of drug-likeness (QED) is 0.114. The van der Waals surface area contributed by atoms with Crippen LogP contribution in [0.4, 0.5) is 4.79 Å². The van der Waals surface area contributed by atoms with Crippen molar-refractivity contribution in [1.29, 1.82) is 0 Å². The van der Waals surface area contributed by atoms with Crippen molar-refractivity contribution in [2.45, 2.75) is 135 Å². The molecule has 3 saturated heterocycles. The second-order valence-corrected chi connectivity index (χ2v) is 16.1. The molecule has 3 aliphatic heterocycles. The Hall–Kier alpha value is -4.09. The van der Waals surface area contributed by atoms with Crippen molar-refractivity contribution < 1.29 is 52.4 Å². The third-order valence-electron chi connectivity index (χ3n) is 11.5. The molecule has 1 aromatic rings. The fourth-order valence-electron chi connectivity index (χ4n) is 8.40. The van der Waals surface area contributed by atoms with Crippen LogP contribution < -0.4 is 5.32 Å². The average Bonchev–Trinajstić information content (AvgIpc) is 3.48. The van der Waals surface area contributed by atoms with Crippen LogP contribution in [-0.4, -0.2) is 109 Å². The number of carbonyl (C=O) groups excluding carboxylic acids is 5. The van der Waals surface area contributed by atoms with Crippen LogP contribution in [0.1, 0.15) is 91.4 Å². The van der Waals surface area contributed by atoms with E-state index in [0.29, 0.717) is 18.4 Å². The minimum Gasteiger partial charge on any atom is -0.458 e. The highest BCUT2D eigenvalue weighted by molar-refractivity contribution is 6.00. The Morgan fingerprint density at radius 3 is 2.32 bits per heavy atom. The van der Waals surface area contributed by atoms with Crippen molar-refractivity contribution in [3.05, 3.63) is 48.6 Å². The van der Waals surface area contributed by atoms with E-state index in [9.17, 15) is 24.0 Å². The Morgan fingerprint density at radius 2 is 1.70 bits per heavy atom.